The summed E-state index contributed by atoms with van der Waals surface area (Å²) in [5.41, 5.74) is 10.3. The molecule has 8 nitrogen and oxygen atoms in total. The van der Waals surface area contributed by atoms with Crippen molar-refractivity contribution >= 4 is 22.9 Å². The standard InChI is InChI=1S/C13H16N4O4/c14-6-10(18)12-9(17(20)21)4-3-7(15)11(12)13(19)8-2-1-5-16-8/h3-4,8,16H,1-2,5-6,14-15H2. The van der Waals surface area contributed by atoms with E-state index in [4.69, 9.17) is 11.5 Å². The van der Waals surface area contributed by atoms with Crippen molar-refractivity contribution in [2.24, 2.45) is 5.73 Å². The molecule has 1 heterocycles. The largest absolute Gasteiger partial charge is 0.398 e. The molecule has 5 N–H and O–H groups in total. The van der Waals surface area contributed by atoms with Crippen molar-refractivity contribution < 1.29 is 14.5 Å². The van der Waals surface area contributed by atoms with Gasteiger partial charge in [-0.1, -0.05) is 0 Å². The highest BCUT2D eigenvalue weighted by Gasteiger charge is 2.33. The van der Waals surface area contributed by atoms with E-state index < -0.39 is 34.8 Å². The summed E-state index contributed by atoms with van der Waals surface area (Å²) in [5, 5.41) is 14.1. The molecule has 0 bridgehead atoms. The van der Waals surface area contributed by atoms with E-state index >= 15 is 0 Å². The maximum atomic E-state index is 12.5. The zero-order valence-electron chi connectivity index (χ0n) is 11.3. The molecule has 1 saturated heterocycles. The van der Waals surface area contributed by atoms with Crippen molar-refractivity contribution in [2.75, 3.05) is 18.8 Å². The Labute approximate surface area is 120 Å². The van der Waals surface area contributed by atoms with Crippen LogP contribution in [-0.2, 0) is 0 Å². The molecule has 0 amide bonds. The lowest BCUT2D eigenvalue weighted by Crippen LogP contribution is -2.33. The van der Waals surface area contributed by atoms with Gasteiger partial charge >= 0.3 is 0 Å². The summed E-state index contributed by atoms with van der Waals surface area (Å²) in [4.78, 5) is 34.9. The maximum Gasteiger partial charge on any atom is 0.281 e. The molecule has 0 spiro atoms. The number of nitro groups is 1. The van der Waals surface area contributed by atoms with Gasteiger partial charge in [-0.05, 0) is 25.5 Å². The molecule has 1 unspecified atom stereocenters. The monoisotopic (exact) mass is 292 g/mol. The van der Waals surface area contributed by atoms with Gasteiger partial charge in [0.1, 0.15) is 5.56 Å². The van der Waals surface area contributed by atoms with Crippen molar-refractivity contribution in [1.29, 1.82) is 0 Å². The molecular formula is C13H16N4O4. The van der Waals surface area contributed by atoms with E-state index in [1.165, 1.54) is 6.07 Å². The zero-order valence-corrected chi connectivity index (χ0v) is 11.3. The lowest BCUT2D eigenvalue weighted by molar-refractivity contribution is -0.385. The number of nitro benzene ring substituents is 1. The number of ketones is 2. The molecule has 2 rings (SSSR count). The first-order chi connectivity index (χ1) is 9.97. The minimum atomic E-state index is -0.707. The third-order valence-corrected chi connectivity index (χ3v) is 3.50. The topological polar surface area (TPSA) is 141 Å². The van der Waals surface area contributed by atoms with Crippen LogP contribution in [0, 0.1) is 10.1 Å². The number of nitrogens with zero attached hydrogens (tertiary/aromatic N) is 1. The highest BCUT2D eigenvalue weighted by molar-refractivity contribution is 6.16. The molecule has 0 aromatic heterocycles. The number of anilines is 1. The second-order valence-electron chi connectivity index (χ2n) is 4.82. The van der Waals surface area contributed by atoms with Gasteiger partial charge in [0.25, 0.3) is 5.69 Å². The highest BCUT2D eigenvalue weighted by Crippen LogP contribution is 2.29. The van der Waals surface area contributed by atoms with Crippen LogP contribution >= 0.6 is 0 Å². The van der Waals surface area contributed by atoms with E-state index in [0.29, 0.717) is 13.0 Å². The van der Waals surface area contributed by atoms with Gasteiger partial charge in [0, 0.05) is 11.8 Å². The predicted molar refractivity (Wildman–Crippen MR) is 76.2 cm³/mol. The number of carbonyl (C=O) groups is 2. The summed E-state index contributed by atoms with van der Waals surface area (Å²) in [6, 6.07) is 1.92. The van der Waals surface area contributed by atoms with Crippen LogP contribution in [0.25, 0.3) is 0 Å². The Balaban J connectivity index is 2.61. The van der Waals surface area contributed by atoms with Crippen LogP contribution in [0.15, 0.2) is 12.1 Å². The quantitative estimate of drug-likeness (QED) is 0.305. The van der Waals surface area contributed by atoms with Gasteiger partial charge in [-0.15, -0.1) is 0 Å². The molecule has 0 aliphatic carbocycles. The summed E-state index contributed by atoms with van der Waals surface area (Å²) < 4.78 is 0. The summed E-state index contributed by atoms with van der Waals surface area (Å²) in [7, 11) is 0. The molecule has 0 saturated carbocycles. The van der Waals surface area contributed by atoms with Crippen molar-refractivity contribution in [2.45, 2.75) is 18.9 Å². The SMILES string of the molecule is NCC(=O)c1c([N+](=O)[O-])ccc(N)c1C(=O)C1CCCN1. The number of nitrogen functional groups attached to an aromatic ring is 1. The number of hydrogen-bond acceptors (Lipinski definition) is 7. The van der Waals surface area contributed by atoms with Gasteiger partial charge in [-0.3, -0.25) is 19.7 Å². The van der Waals surface area contributed by atoms with E-state index in [-0.39, 0.29) is 16.8 Å². The van der Waals surface area contributed by atoms with Gasteiger partial charge < -0.3 is 16.8 Å². The lowest BCUT2D eigenvalue weighted by atomic mass is 9.92. The van der Waals surface area contributed by atoms with E-state index in [1.54, 1.807) is 0 Å². The Morgan fingerprint density at radius 2 is 2.10 bits per heavy atom. The van der Waals surface area contributed by atoms with E-state index in [0.717, 1.165) is 12.5 Å². The van der Waals surface area contributed by atoms with Gasteiger partial charge in [-0.25, -0.2) is 0 Å². The fourth-order valence-corrected chi connectivity index (χ4v) is 2.49. The summed E-state index contributed by atoms with van der Waals surface area (Å²) in [6.07, 6.45) is 1.43. The number of nitrogens with two attached hydrogens (primary N) is 2. The second-order valence-corrected chi connectivity index (χ2v) is 4.82. The lowest BCUT2D eigenvalue weighted by Gasteiger charge is -2.14. The summed E-state index contributed by atoms with van der Waals surface area (Å²) in [6.45, 7) is 0.258. The van der Waals surface area contributed by atoms with Crippen LogP contribution in [0.1, 0.15) is 33.6 Å². The number of hydrogen-bond donors (Lipinski definition) is 3. The molecule has 1 fully saturated rings. The first-order valence-corrected chi connectivity index (χ1v) is 6.55. The molecule has 21 heavy (non-hydrogen) atoms. The Morgan fingerprint density at radius 1 is 1.38 bits per heavy atom. The van der Waals surface area contributed by atoms with Crippen molar-refractivity contribution in [1.82, 2.24) is 5.32 Å². The van der Waals surface area contributed by atoms with Gasteiger partial charge in [0.15, 0.2) is 11.6 Å². The molecule has 112 valence electrons. The minimum absolute atomic E-state index is 0.0519. The second kappa shape index (κ2) is 5.98. The van der Waals surface area contributed by atoms with Crippen LogP contribution in [0.4, 0.5) is 11.4 Å². The third-order valence-electron chi connectivity index (χ3n) is 3.50. The van der Waals surface area contributed by atoms with Crippen LogP contribution in [0.3, 0.4) is 0 Å². The molecule has 0 radical (unpaired) electrons. The van der Waals surface area contributed by atoms with Crippen molar-refractivity contribution in [3.63, 3.8) is 0 Å². The number of benzene rings is 1. The molecular weight excluding hydrogens is 276 g/mol. The van der Waals surface area contributed by atoms with Crippen LogP contribution in [0.2, 0.25) is 0 Å². The minimum Gasteiger partial charge on any atom is -0.398 e. The van der Waals surface area contributed by atoms with Gasteiger partial charge in [-0.2, -0.15) is 0 Å². The maximum absolute atomic E-state index is 12.5. The Hall–Kier alpha value is -2.32. The molecule has 1 aromatic carbocycles. The van der Waals surface area contributed by atoms with Gasteiger partial charge in [0.05, 0.1) is 23.1 Å². The first-order valence-electron chi connectivity index (χ1n) is 6.55. The van der Waals surface area contributed by atoms with E-state index in [1.807, 2.05) is 0 Å². The van der Waals surface area contributed by atoms with Gasteiger partial charge in [0.2, 0.25) is 0 Å². The Bertz CT molecular complexity index is 608. The fourth-order valence-electron chi connectivity index (χ4n) is 2.49. The van der Waals surface area contributed by atoms with Crippen LogP contribution < -0.4 is 16.8 Å². The van der Waals surface area contributed by atoms with E-state index in [9.17, 15) is 19.7 Å². The van der Waals surface area contributed by atoms with Crippen LogP contribution in [-0.4, -0.2) is 35.6 Å². The van der Waals surface area contributed by atoms with E-state index in [2.05, 4.69) is 5.32 Å². The smallest absolute Gasteiger partial charge is 0.281 e. The molecule has 1 aromatic rings. The molecule has 1 aliphatic heterocycles. The third kappa shape index (κ3) is 2.76. The first kappa shape index (κ1) is 15.1. The summed E-state index contributed by atoms with van der Waals surface area (Å²) in [5.74, 6) is -1.07. The number of Topliss-reactive ketones (excluding diaryl/α,β-unsaturated/α-hetero) is 2. The number of nitrogens with one attached hydrogen (secondary N) is 1. The molecule has 1 aliphatic rings. The average Bonchev–Trinajstić information content (AvgIpc) is 2.99. The Morgan fingerprint density at radius 3 is 2.62 bits per heavy atom. The summed E-state index contributed by atoms with van der Waals surface area (Å²) >= 11 is 0. The number of rotatable bonds is 5. The average molecular weight is 292 g/mol. The van der Waals surface area contributed by atoms with Crippen molar-refractivity contribution in [3.8, 4) is 0 Å². The van der Waals surface area contributed by atoms with Crippen molar-refractivity contribution in [3.05, 3.63) is 33.4 Å². The molecule has 8 heteroatoms. The predicted octanol–water partition coefficient (Wildman–Crippen LogP) is 0.253. The normalized spacial score (nSPS) is 17.7. The Kier molecular flexibility index (Phi) is 4.29. The van der Waals surface area contributed by atoms with Crippen LogP contribution in [0.5, 0.6) is 0 Å². The zero-order chi connectivity index (χ0) is 15.6. The molecule has 1 atom stereocenters. The number of carbonyl (C=O) groups excluding carboxylic acids is 2. The highest BCUT2D eigenvalue weighted by atomic mass is 16.6. The fraction of sp³-hybridized carbons (Fsp3) is 0.385.